The van der Waals surface area contributed by atoms with E-state index < -0.39 is 0 Å². The molecule has 0 aliphatic heterocycles. The summed E-state index contributed by atoms with van der Waals surface area (Å²) in [6.45, 7) is 4.82. The summed E-state index contributed by atoms with van der Waals surface area (Å²) < 4.78 is 1.85. The van der Waals surface area contributed by atoms with Gasteiger partial charge in [0.15, 0.2) is 10.8 Å². The molecule has 3 rings (SSSR count). The van der Waals surface area contributed by atoms with Crippen LogP contribution in [0.1, 0.15) is 23.5 Å². The molecule has 3 aromatic heterocycles. The van der Waals surface area contributed by atoms with Gasteiger partial charge in [-0.3, -0.25) is 0 Å². The van der Waals surface area contributed by atoms with E-state index in [9.17, 15) is 0 Å². The fourth-order valence-electron chi connectivity index (χ4n) is 2.26. The van der Waals surface area contributed by atoms with Crippen molar-refractivity contribution in [3.63, 3.8) is 0 Å². The predicted molar refractivity (Wildman–Crippen MR) is 85.8 cm³/mol. The van der Waals surface area contributed by atoms with Crippen LogP contribution in [0.15, 0.2) is 17.5 Å². The third kappa shape index (κ3) is 3.13. The number of nitrogens with zero attached hydrogens (tertiary/aromatic N) is 4. The van der Waals surface area contributed by atoms with E-state index in [1.54, 1.807) is 0 Å². The summed E-state index contributed by atoms with van der Waals surface area (Å²) in [4.78, 5) is 8.74. The van der Waals surface area contributed by atoms with Crippen molar-refractivity contribution in [2.24, 2.45) is 0 Å². The molecule has 0 radical (unpaired) electrons. The van der Waals surface area contributed by atoms with Crippen LogP contribution < -0.4 is 11.1 Å². The van der Waals surface area contributed by atoms with Crippen LogP contribution in [0.3, 0.4) is 0 Å². The van der Waals surface area contributed by atoms with Gasteiger partial charge in [-0.05, 0) is 26.7 Å². The lowest BCUT2D eigenvalue weighted by Gasteiger charge is -2.08. The molecule has 3 aromatic rings. The fourth-order valence-corrected chi connectivity index (χ4v) is 2.86. The van der Waals surface area contributed by atoms with Gasteiger partial charge in [0, 0.05) is 29.8 Å². The van der Waals surface area contributed by atoms with Gasteiger partial charge in [0.25, 0.3) is 0 Å². The summed E-state index contributed by atoms with van der Waals surface area (Å²) in [5.74, 6) is 0.975. The molecular formula is C14H18N6S. The van der Waals surface area contributed by atoms with Crippen molar-refractivity contribution < 1.29 is 0 Å². The molecule has 0 aromatic carbocycles. The number of nitrogen functional groups attached to an aromatic ring is 1. The van der Waals surface area contributed by atoms with Crippen LogP contribution in [0.25, 0.3) is 5.65 Å². The Morgan fingerprint density at radius 3 is 2.86 bits per heavy atom. The topological polar surface area (TPSA) is 81.1 Å². The first kappa shape index (κ1) is 13.8. The van der Waals surface area contributed by atoms with Crippen LogP contribution in [-0.2, 0) is 6.42 Å². The molecule has 110 valence electrons. The lowest BCUT2D eigenvalue weighted by molar-refractivity contribution is 0.825. The first-order valence-corrected chi connectivity index (χ1v) is 7.77. The standard InChI is InChI=1S/C14H18N6S/c1-9-6-12(20-13(17-9)7-10(2)19-20)16-5-3-4-11-8-21-14(15)18-11/h6-8,16H,3-5H2,1-2H3,(H2,15,18). The number of fused-ring (bicyclic) bond motifs is 1. The van der Waals surface area contributed by atoms with Gasteiger partial charge in [-0.1, -0.05) is 0 Å². The number of aryl methyl sites for hydroxylation is 3. The van der Waals surface area contributed by atoms with Gasteiger partial charge in [-0.2, -0.15) is 9.61 Å². The summed E-state index contributed by atoms with van der Waals surface area (Å²) in [6.07, 6.45) is 1.92. The second-order valence-electron chi connectivity index (χ2n) is 5.05. The number of hydrogen-bond donors (Lipinski definition) is 2. The molecular weight excluding hydrogens is 284 g/mol. The molecule has 6 nitrogen and oxygen atoms in total. The Kier molecular flexibility index (Phi) is 3.74. The van der Waals surface area contributed by atoms with Crippen LogP contribution in [-0.4, -0.2) is 26.1 Å². The summed E-state index contributed by atoms with van der Waals surface area (Å²) >= 11 is 1.49. The van der Waals surface area contributed by atoms with Crippen LogP contribution in [0.5, 0.6) is 0 Å². The second-order valence-corrected chi connectivity index (χ2v) is 5.94. The highest BCUT2D eigenvalue weighted by Gasteiger charge is 2.06. The SMILES string of the molecule is Cc1cc(NCCCc2csc(N)n2)n2nc(C)cc2n1. The van der Waals surface area contributed by atoms with E-state index in [0.717, 1.165) is 47.9 Å². The van der Waals surface area contributed by atoms with Crippen LogP contribution in [0.4, 0.5) is 10.9 Å². The molecule has 0 saturated carbocycles. The number of nitrogens with one attached hydrogen (secondary N) is 1. The summed E-state index contributed by atoms with van der Waals surface area (Å²) in [5.41, 5.74) is 9.52. The lowest BCUT2D eigenvalue weighted by Crippen LogP contribution is -2.09. The summed E-state index contributed by atoms with van der Waals surface area (Å²) in [7, 11) is 0. The van der Waals surface area contributed by atoms with Crippen molar-refractivity contribution in [1.29, 1.82) is 0 Å². The van der Waals surface area contributed by atoms with Crippen LogP contribution >= 0.6 is 11.3 Å². The Bertz CT molecular complexity index is 760. The van der Waals surface area contributed by atoms with E-state index in [2.05, 4.69) is 20.4 Å². The summed E-state index contributed by atoms with van der Waals surface area (Å²) in [6, 6.07) is 4.00. The largest absolute Gasteiger partial charge is 0.375 e. The minimum Gasteiger partial charge on any atom is -0.375 e. The zero-order valence-electron chi connectivity index (χ0n) is 12.1. The highest BCUT2D eigenvalue weighted by molar-refractivity contribution is 7.13. The maximum atomic E-state index is 5.63. The molecule has 0 aliphatic rings. The van der Waals surface area contributed by atoms with Gasteiger partial charge in [-0.15, -0.1) is 11.3 Å². The van der Waals surface area contributed by atoms with Crippen molar-refractivity contribution in [2.45, 2.75) is 26.7 Å². The average molecular weight is 302 g/mol. The van der Waals surface area contributed by atoms with E-state index in [1.165, 1.54) is 11.3 Å². The number of hydrogen-bond acceptors (Lipinski definition) is 6. The molecule has 0 unspecified atom stereocenters. The zero-order chi connectivity index (χ0) is 14.8. The fraction of sp³-hybridized carbons (Fsp3) is 0.357. The van der Waals surface area contributed by atoms with Crippen molar-refractivity contribution in [3.05, 3.63) is 34.6 Å². The average Bonchev–Trinajstić information content (AvgIpc) is 2.99. The second kappa shape index (κ2) is 5.69. The normalized spacial score (nSPS) is 11.1. The molecule has 0 bridgehead atoms. The molecule has 0 amide bonds. The molecule has 0 saturated heterocycles. The molecule has 0 aliphatic carbocycles. The van der Waals surface area contributed by atoms with Gasteiger partial charge in [-0.25, -0.2) is 9.97 Å². The minimum absolute atomic E-state index is 0.636. The lowest BCUT2D eigenvalue weighted by atomic mass is 10.2. The van der Waals surface area contributed by atoms with Crippen molar-refractivity contribution >= 4 is 27.9 Å². The van der Waals surface area contributed by atoms with E-state index >= 15 is 0 Å². The smallest absolute Gasteiger partial charge is 0.180 e. The van der Waals surface area contributed by atoms with Crippen LogP contribution in [0.2, 0.25) is 0 Å². The number of rotatable bonds is 5. The Morgan fingerprint density at radius 1 is 1.24 bits per heavy atom. The van der Waals surface area contributed by atoms with Crippen molar-refractivity contribution in [2.75, 3.05) is 17.6 Å². The molecule has 3 heterocycles. The quantitative estimate of drug-likeness (QED) is 0.707. The van der Waals surface area contributed by atoms with Gasteiger partial charge < -0.3 is 11.1 Å². The minimum atomic E-state index is 0.636. The molecule has 0 spiro atoms. The van der Waals surface area contributed by atoms with Gasteiger partial charge in [0.1, 0.15) is 5.82 Å². The molecule has 0 fully saturated rings. The highest BCUT2D eigenvalue weighted by atomic mass is 32.1. The predicted octanol–water partition coefficient (Wildman–Crippen LogP) is 2.43. The van der Waals surface area contributed by atoms with E-state index in [4.69, 9.17) is 5.73 Å². The first-order chi connectivity index (χ1) is 10.1. The molecule has 21 heavy (non-hydrogen) atoms. The third-order valence-corrected chi connectivity index (χ3v) is 3.89. The monoisotopic (exact) mass is 302 g/mol. The Labute approximate surface area is 127 Å². The Morgan fingerprint density at radius 2 is 2.10 bits per heavy atom. The molecule has 3 N–H and O–H groups in total. The van der Waals surface area contributed by atoms with Gasteiger partial charge in [0.2, 0.25) is 0 Å². The van der Waals surface area contributed by atoms with Crippen molar-refractivity contribution in [1.82, 2.24) is 19.6 Å². The maximum absolute atomic E-state index is 5.63. The summed E-state index contributed by atoms with van der Waals surface area (Å²) in [5, 5.41) is 10.5. The van der Waals surface area contributed by atoms with E-state index in [1.807, 2.05) is 35.9 Å². The number of anilines is 2. The van der Waals surface area contributed by atoms with Crippen molar-refractivity contribution in [3.8, 4) is 0 Å². The number of nitrogens with two attached hydrogens (primary N) is 1. The first-order valence-electron chi connectivity index (χ1n) is 6.89. The highest BCUT2D eigenvalue weighted by Crippen LogP contribution is 2.15. The number of aromatic nitrogens is 4. The van der Waals surface area contributed by atoms with E-state index in [-0.39, 0.29) is 0 Å². The maximum Gasteiger partial charge on any atom is 0.180 e. The van der Waals surface area contributed by atoms with Crippen LogP contribution in [0, 0.1) is 13.8 Å². The zero-order valence-corrected chi connectivity index (χ0v) is 12.9. The van der Waals surface area contributed by atoms with Gasteiger partial charge in [0.05, 0.1) is 11.4 Å². The molecule has 7 heteroatoms. The number of thiazole rings is 1. The molecule has 0 atom stereocenters. The van der Waals surface area contributed by atoms with E-state index in [0.29, 0.717) is 5.13 Å². The third-order valence-electron chi connectivity index (χ3n) is 3.16. The Balaban J connectivity index is 1.65. The van der Waals surface area contributed by atoms with Gasteiger partial charge >= 0.3 is 0 Å². The Hall–Kier alpha value is -2.15.